The molecule has 0 radical (unpaired) electrons. The van der Waals surface area contributed by atoms with E-state index in [4.69, 9.17) is 9.15 Å². The molecule has 0 aliphatic carbocycles. The van der Waals surface area contributed by atoms with Crippen molar-refractivity contribution in [3.05, 3.63) is 30.0 Å². The number of halogens is 3. The SMILES string of the molecule is COc1cccc2cc(C(=O)N[C@@H](CC(C)C)C(=O)N[C@@H](C[C@@H]3CCNC3=O)C(=O)COC(F)(F)F)oc12. The van der Waals surface area contributed by atoms with E-state index in [0.717, 1.165) is 0 Å². The van der Waals surface area contributed by atoms with Crippen LogP contribution in [0.4, 0.5) is 13.2 Å². The number of hydrogen-bond donors (Lipinski definition) is 3. The topological polar surface area (TPSA) is 136 Å². The largest absolute Gasteiger partial charge is 0.522 e. The molecule has 13 heteroatoms. The predicted molar refractivity (Wildman–Crippen MR) is 128 cm³/mol. The van der Waals surface area contributed by atoms with Crippen LogP contribution < -0.4 is 20.7 Å². The first-order chi connectivity index (χ1) is 17.9. The van der Waals surface area contributed by atoms with Crippen molar-refractivity contribution in [3.63, 3.8) is 0 Å². The van der Waals surface area contributed by atoms with Crippen LogP contribution in [-0.4, -0.2) is 62.2 Å². The van der Waals surface area contributed by atoms with Gasteiger partial charge in [0.05, 0.1) is 13.2 Å². The maximum absolute atomic E-state index is 13.2. The molecule has 1 aromatic heterocycles. The number of para-hydroxylation sites is 1. The van der Waals surface area contributed by atoms with Gasteiger partial charge in [-0.3, -0.25) is 23.9 Å². The maximum Gasteiger partial charge on any atom is 0.522 e. The predicted octanol–water partition coefficient (Wildman–Crippen LogP) is 2.70. The molecule has 3 amide bonds. The number of carbonyl (C=O) groups is 4. The molecule has 1 saturated heterocycles. The Morgan fingerprint density at radius 3 is 2.53 bits per heavy atom. The molecule has 3 N–H and O–H groups in total. The molecule has 3 rings (SSSR count). The minimum absolute atomic E-state index is 0.0786. The Bertz CT molecular complexity index is 1180. The van der Waals surface area contributed by atoms with E-state index >= 15 is 0 Å². The maximum atomic E-state index is 13.2. The average Bonchev–Trinajstić information content (AvgIpc) is 3.46. The lowest BCUT2D eigenvalue weighted by atomic mass is 9.95. The van der Waals surface area contributed by atoms with E-state index in [2.05, 4.69) is 20.7 Å². The van der Waals surface area contributed by atoms with Crippen molar-refractivity contribution in [1.29, 1.82) is 0 Å². The van der Waals surface area contributed by atoms with E-state index in [0.29, 0.717) is 29.7 Å². The lowest BCUT2D eigenvalue weighted by Crippen LogP contribution is -2.53. The van der Waals surface area contributed by atoms with E-state index in [1.807, 2.05) is 0 Å². The molecule has 2 heterocycles. The quantitative estimate of drug-likeness (QED) is 0.376. The van der Waals surface area contributed by atoms with Crippen molar-refractivity contribution in [2.24, 2.45) is 11.8 Å². The third kappa shape index (κ3) is 7.70. The summed E-state index contributed by atoms with van der Waals surface area (Å²) in [5.74, 6) is -3.32. The summed E-state index contributed by atoms with van der Waals surface area (Å²) in [5, 5.41) is 8.19. The first-order valence-electron chi connectivity index (χ1n) is 12.1. The standard InChI is InChI=1S/C25H30F3N3O7/c1-13(2)9-17(31-24(35)20-11-14-5-4-6-19(36-3)21(14)38-20)23(34)30-16(10-15-7-8-29-22(15)33)18(32)12-37-25(26,27)28/h4-6,11,13,15-17H,7-10,12H2,1-3H3,(H,29,33)(H,30,34)(H,31,35)/t15-,16-,17-/m0/s1. The Kier molecular flexibility index (Phi) is 9.36. The number of methoxy groups -OCH3 is 1. The van der Waals surface area contributed by atoms with Gasteiger partial charge in [-0.25, -0.2) is 0 Å². The Morgan fingerprint density at radius 1 is 1.18 bits per heavy atom. The Hall–Kier alpha value is -3.61. The summed E-state index contributed by atoms with van der Waals surface area (Å²) < 4.78 is 52.1. The number of amides is 3. The molecule has 38 heavy (non-hydrogen) atoms. The zero-order valence-electron chi connectivity index (χ0n) is 21.1. The number of ketones is 1. The summed E-state index contributed by atoms with van der Waals surface area (Å²) in [5.41, 5.74) is 0.343. The van der Waals surface area contributed by atoms with Crippen LogP contribution in [0.15, 0.2) is 28.7 Å². The molecule has 1 aliphatic heterocycles. The molecule has 0 spiro atoms. The number of benzene rings is 1. The highest BCUT2D eigenvalue weighted by Crippen LogP contribution is 2.28. The third-order valence-corrected chi connectivity index (χ3v) is 6.05. The van der Waals surface area contributed by atoms with Crippen LogP contribution in [0.1, 0.15) is 43.7 Å². The molecule has 0 bridgehead atoms. The van der Waals surface area contributed by atoms with Crippen molar-refractivity contribution in [2.45, 2.75) is 51.6 Å². The first-order valence-corrected chi connectivity index (χ1v) is 12.1. The van der Waals surface area contributed by atoms with E-state index in [9.17, 15) is 32.3 Å². The van der Waals surface area contributed by atoms with Crippen LogP contribution in [0, 0.1) is 11.8 Å². The fourth-order valence-electron chi connectivity index (χ4n) is 4.19. The molecule has 2 aromatic rings. The minimum atomic E-state index is -5.04. The summed E-state index contributed by atoms with van der Waals surface area (Å²) >= 11 is 0. The zero-order chi connectivity index (χ0) is 28.0. The van der Waals surface area contributed by atoms with Gasteiger partial charge in [0, 0.05) is 17.8 Å². The van der Waals surface area contributed by atoms with Crippen molar-refractivity contribution < 1.29 is 46.2 Å². The lowest BCUT2D eigenvalue weighted by molar-refractivity contribution is -0.321. The smallest absolute Gasteiger partial charge is 0.493 e. The van der Waals surface area contributed by atoms with Gasteiger partial charge in [-0.15, -0.1) is 13.2 Å². The highest BCUT2D eigenvalue weighted by molar-refractivity contribution is 6.00. The molecule has 3 atom stereocenters. The fraction of sp³-hybridized carbons (Fsp3) is 0.520. The number of alkyl halides is 3. The highest BCUT2D eigenvalue weighted by atomic mass is 19.4. The second kappa shape index (κ2) is 12.3. The van der Waals surface area contributed by atoms with Gasteiger partial charge in [0.25, 0.3) is 5.91 Å². The fourth-order valence-corrected chi connectivity index (χ4v) is 4.19. The normalized spacial score (nSPS) is 17.2. The van der Waals surface area contributed by atoms with Gasteiger partial charge in [0.15, 0.2) is 22.9 Å². The van der Waals surface area contributed by atoms with Crippen molar-refractivity contribution in [2.75, 3.05) is 20.3 Å². The molecule has 0 unspecified atom stereocenters. The van der Waals surface area contributed by atoms with Gasteiger partial charge in [-0.2, -0.15) is 0 Å². The van der Waals surface area contributed by atoms with Crippen LogP contribution >= 0.6 is 0 Å². The summed E-state index contributed by atoms with van der Waals surface area (Å²) in [4.78, 5) is 50.8. The number of furan rings is 1. The van der Waals surface area contributed by atoms with Crippen LogP contribution in [0.3, 0.4) is 0 Å². The second-order valence-electron chi connectivity index (χ2n) is 9.42. The summed E-state index contributed by atoms with van der Waals surface area (Å²) in [7, 11) is 1.45. The number of rotatable bonds is 12. The second-order valence-corrected chi connectivity index (χ2v) is 9.42. The van der Waals surface area contributed by atoms with E-state index in [1.165, 1.54) is 13.2 Å². The molecule has 1 aromatic carbocycles. The number of carbonyl (C=O) groups excluding carboxylic acids is 4. The monoisotopic (exact) mass is 541 g/mol. The molecule has 10 nitrogen and oxygen atoms in total. The van der Waals surface area contributed by atoms with Crippen molar-refractivity contribution in [1.82, 2.24) is 16.0 Å². The van der Waals surface area contributed by atoms with E-state index < -0.39 is 48.6 Å². The van der Waals surface area contributed by atoms with Crippen LogP contribution in [0.2, 0.25) is 0 Å². The molecule has 0 saturated carbocycles. The molecule has 1 aliphatic rings. The zero-order valence-corrected chi connectivity index (χ0v) is 21.1. The first kappa shape index (κ1) is 29.0. The van der Waals surface area contributed by atoms with Crippen molar-refractivity contribution >= 4 is 34.5 Å². The molecular formula is C25H30F3N3O7. The summed E-state index contributed by atoms with van der Waals surface area (Å²) in [6, 6.07) is 4.01. The third-order valence-electron chi connectivity index (χ3n) is 6.05. The van der Waals surface area contributed by atoms with Crippen LogP contribution in [-0.2, 0) is 19.1 Å². The Balaban J connectivity index is 1.77. The minimum Gasteiger partial charge on any atom is -0.493 e. The van der Waals surface area contributed by atoms with Gasteiger partial charge in [-0.1, -0.05) is 26.0 Å². The number of Topliss-reactive ketones (excluding diaryl/α,β-unsaturated/α-hetero) is 1. The summed E-state index contributed by atoms with van der Waals surface area (Å²) in [6.07, 6.45) is -4.73. The average molecular weight is 542 g/mol. The van der Waals surface area contributed by atoms with E-state index in [1.54, 1.807) is 32.0 Å². The number of ether oxygens (including phenoxy) is 2. The number of nitrogens with one attached hydrogen (secondary N) is 3. The molecule has 208 valence electrons. The molecule has 1 fully saturated rings. The van der Waals surface area contributed by atoms with Gasteiger partial charge in [-0.05, 0) is 37.3 Å². The number of hydrogen-bond acceptors (Lipinski definition) is 7. The van der Waals surface area contributed by atoms with Gasteiger partial charge in [0.2, 0.25) is 11.8 Å². The summed E-state index contributed by atoms with van der Waals surface area (Å²) in [6.45, 7) is 2.64. The van der Waals surface area contributed by atoms with Gasteiger partial charge in [0.1, 0.15) is 12.6 Å². The van der Waals surface area contributed by atoms with Gasteiger partial charge < -0.3 is 25.1 Å². The van der Waals surface area contributed by atoms with Crippen LogP contribution in [0.25, 0.3) is 11.0 Å². The molecular weight excluding hydrogens is 511 g/mol. The lowest BCUT2D eigenvalue weighted by Gasteiger charge is -2.25. The Morgan fingerprint density at radius 2 is 1.92 bits per heavy atom. The number of fused-ring (bicyclic) bond motifs is 1. The Labute approximate surface area is 216 Å². The van der Waals surface area contributed by atoms with Crippen molar-refractivity contribution in [3.8, 4) is 5.75 Å². The van der Waals surface area contributed by atoms with Crippen LogP contribution in [0.5, 0.6) is 5.75 Å². The highest BCUT2D eigenvalue weighted by Gasteiger charge is 2.36. The van der Waals surface area contributed by atoms with E-state index in [-0.39, 0.29) is 30.4 Å². The van der Waals surface area contributed by atoms with Gasteiger partial charge >= 0.3 is 6.36 Å².